The predicted molar refractivity (Wildman–Crippen MR) is 105 cm³/mol. The summed E-state index contributed by atoms with van der Waals surface area (Å²) in [6, 6.07) is 10.0. The Balaban J connectivity index is 1.77. The Kier molecular flexibility index (Phi) is 5.77. The molecule has 0 aromatic heterocycles. The first-order valence-electron chi connectivity index (χ1n) is 8.21. The average Bonchev–Trinajstić information content (AvgIpc) is 3.06. The summed E-state index contributed by atoms with van der Waals surface area (Å²) in [5.41, 5.74) is 1.10. The lowest BCUT2D eigenvalue weighted by molar-refractivity contribution is -0.122. The van der Waals surface area contributed by atoms with Crippen molar-refractivity contribution in [3.8, 4) is 11.5 Å². The number of anilines is 2. The van der Waals surface area contributed by atoms with Gasteiger partial charge >= 0.3 is 0 Å². The quantitative estimate of drug-likeness (QED) is 0.811. The summed E-state index contributed by atoms with van der Waals surface area (Å²) in [4.78, 5) is 26.7. The van der Waals surface area contributed by atoms with Crippen molar-refractivity contribution < 1.29 is 19.1 Å². The van der Waals surface area contributed by atoms with Gasteiger partial charge in [-0.15, -0.1) is 0 Å². The summed E-state index contributed by atoms with van der Waals surface area (Å²) >= 11 is 11.9. The zero-order chi connectivity index (χ0) is 19.6. The van der Waals surface area contributed by atoms with E-state index in [-0.39, 0.29) is 24.8 Å². The molecule has 27 heavy (non-hydrogen) atoms. The van der Waals surface area contributed by atoms with Gasteiger partial charge in [0.05, 0.1) is 35.9 Å². The molecule has 1 aliphatic heterocycles. The molecule has 0 radical (unpaired) electrons. The van der Waals surface area contributed by atoms with Gasteiger partial charge < -0.3 is 19.7 Å². The van der Waals surface area contributed by atoms with Crippen molar-refractivity contribution in [2.45, 2.75) is 6.42 Å². The summed E-state index contributed by atoms with van der Waals surface area (Å²) in [6.07, 6.45) is 0.105. The first-order valence-corrected chi connectivity index (χ1v) is 8.97. The van der Waals surface area contributed by atoms with Crippen molar-refractivity contribution in [1.82, 2.24) is 0 Å². The number of ether oxygens (including phenoxy) is 2. The van der Waals surface area contributed by atoms with Crippen LogP contribution in [0, 0.1) is 5.92 Å². The summed E-state index contributed by atoms with van der Waals surface area (Å²) in [5, 5.41) is 3.53. The van der Waals surface area contributed by atoms with Crippen molar-refractivity contribution in [1.29, 1.82) is 0 Å². The van der Waals surface area contributed by atoms with Crippen LogP contribution in [0.1, 0.15) is 6.42 Å². The number of rotatable bonds is 5. The molecule has 6 nitrogen and oxygen atoms in total. The maximum atomic E-state index is 12.6. The van der Waals surface area contributed by atoms with Crippen molar-refractivity contribution in [3.63, 3.8) is 0 Å². The third-order valence-corrected chi connectivity index (χ3v) is 5.10. The van der Waals surface area contributed by atoms with Gasteiger partial charge in [0.1, 0.15) is 11.5 Å². The van der Waals surface area contributed by atoms with Gasteiger partial charge in [-0.05, 0) is 30.3 Å². The molecule has 2 aromatic carbocycles. The van der Waals surface area contributed by atoms with E-state index >= 15 is 0 Å². The largest absolute Gasteiger partial charge is 0.497 e. The Morgan fingerprint density at radius 3 is 2.56 bits per heavy atom. The molecule has 1 heterocycles. The van der Waals surface area contributed by atoms with Crippen LogP contribution in [-0.4, -0.2) is 32.6 Å². The fourth-order valence-electron chi connectivity index (χ4n) is 2.94. The van der Waals surface area contributed by atoms with Crippen LogP contribution in [0.5, 0.6) is 11.5 Å². The molecule has 1 N–H and O–H groups in total. The summed E-state index contributed by atoms with van der Waals surface area (Å²) in [6.45, 7) is 0.246. The molecule has 0 aliphatic carbocycles. The first-order chi connectivity index (χ1) is 12.9. The van der Waals surface area contributed by atoms with Gasteiger partial charge in [0.25, 0.3) is 0 Å². The van der Waals surface area contributed by atoms with Gasteiger partial charge in [-0.1, -0.05) is 23.2 Å². The maximum Gasteiger partial charge on any atom is 0.229 e. The number of halogens is 2. The molecule has 0 bridgehead atoms. The lowest BCUT2D eigenvalue weighted by Crippen LogP contribution is -2.28. The fraction of sp³-hybridized carbons (Fsp3) is 0.263. The third kappa shape index (κ3) is 4.12. The van der Waals surface area contributed by atoms with E-state index in [9.17, 15) is 9.59 Å². The number of benzene rings is 2. The molecule has 0 saturated carbocycles. The molecule has 0 spiro atoms. The van der Waals surface area contributed by atoms with Gasteiger partial charge in [-0.2, -0.15) is 0 Å². The molecule has 1 atom stereocenters. The number of hydrogen-bond donors (Lipinski definition) is 1. The second kappa shape index (κ2) is 8.06. The second-order valence-electron chi connectivity index (χ2n) is 6.06. The van der Waals surface area contributed by atoms with Crippen molar-refractivity contribution in [2.24, 2.45) is 5.92 Å². The SMILES string of the molecule is COc1ccc(OC)c(N2C[C@@H](C(=O)Nc3ccc(Cl)c(Cl)c3)CC2=O)c1. The molecule has 1 aliphatic rings. The van der Waals surface area contributed by atoms with Crippen LogP contribution in [0.4, 0.5) is 11.4 Å². The Morgan fingerprint density at radius 2 is 1.89 bits per heavy atom. The van der Waals surface area contributed by atoms with E-state index in [1.807, 2.05) is 0 Å². The van der Waals surface area contributed by atoms with E-state index in [0.29, 0.717) is 32.9 Å². The highest BCUT2D eigenvalue weighted by Crippen LogP contribution is 2.36. The molecule has 142 valence electrons. The summed E-state index contributed by atoms with van der Waals surface area (Å²) in [7, 11) is 3.07. The number of nitrogens with one attached hydrogen (secondary N) is 1. The van der Waals surface area contributed by atoms with E-state index in [0.717, 1.165) is 0 Å². The monoisotopic (exact) mass is 408 g/mol. The molecular formula is C19H18Cl2N2O4. The highest BCUT2D eigenvalue weighted by Gasteiger charge is 2.36. The van der Waals surface area contributed by atoms with Crippen molar-refractivity contribution >= 4 is 46.4 Å². The smallest absolute Gasteiger partial charge is 0.229 e. The number of methoxy groups -OCH3 is 2. The van der Waals surface area contributed by atoms with Crippen molar-refractivity contribution in [3.05, 3.63) is 46.4 Å². The minimum absolute atomic E-state index is 0.105. The molecule has 2 aromatic rings. The van der Waals surface area contributed by atoms with Crippen LogP contribution < -0.4 is 19.7 Å². The highest BCUT2D eigenvalue weighted by molar-refractivity contribution is 6.42. The average molecular weight is 409 g/mol. The van der Waals surface area contributed by atoms with Gasteiger partial charge in [0, 0.05) is 24.7 Å². The number of amides is 2. The normalized spacial score (nSPS) is 16.4. The fourth-order valence-corrected chi connectivity index (χ4v) is 3.24. The van der Waals surface area contributed by atoms with Crippen LogP contribution in [0.15, 0.2) is 36.4 Å². The molecule has 3 rings (SSSR count). The number of carbonyl (C=O) groups is 2. The van der Waals surface area contributed by atoms with Gasteiger partial charge in [-0.3, -0.25) is 9.59 Å². The minimum Gasteiger partial charge on any atom is -0.497 e. The summed E-state index contributed by atoms with van der Waals surface area (Å²) < 4.78 is 10.6. The Bertz CT molecular complexity index is 888. The predicted octanol–water partition coefficient (Wildman–Crippen LogP) is 4.00. The standard InChI is InChI=1S/C19H18Cl2N2O4/c1-26-13-4-6-17(27-2)16(9-13)23-10-11(7-18(23)24)19(25)22-12-3-5-14(20)15(21)8-12/h3-6,8-9,11H,7,10H2,1-2H3,(H,22,25)/t11-/m0/s1. The van der Waals surface area contributed by atoms with E-state index in [2.05, 4.69) is 5.32 Å². The van der Waals surface area contributed by atoms with Crippen LogP contribution in [0.2, 0.25) is 10.0 Å². The van der Waals surface area contributed by atoms with E-state index in [4.69, 9.17) is 32.7 Å². The molecule has 1 fully saturated rings. The lowest BCUT2D eigenvalue weighted by atomic mass is 10.1. The van der Waals surface area contributed by atoms with Crippen LogP contribution in [0.25, 0.3) is 0 Å². The Hall–Kier alpha value is -2.44. The number of carbonyl (C=O) groups excluding carboxylic acids is 2. The van der Waals surface area contributed by atoms with Gasteiger partial charge in [-0.25, -0.2) is 0 Å². The molecule has 1 saturated heterocycles. The molecule has 8 heteroatoms. The number of nitrogens with zero attached hydrogens (tertiary/aromatic N) is 1. The Morgan fingerprint density at radius 1 is 1.11 bits per heavy atom. The van der Waals surface area contributed by atoms with Gasteiger partial charge in [0.15, 0.2) is 0 Å². The third-order valence-electron chi connectivity index (χ3n) is 4.36. The zero-order valence-corrected chi connectivity index (χ0v) is 16.3. The lowest BCUT2D eigenvalue weighted by Gasteiger charge is -2.20. The number of hydrogen-bond acceptors (Lipinski definition) is 4. The topological polar surface area (TPSA) is 67.9 Å². The first kappa shape index (κ1) is 19.3. The van der Waals surface area contributed by atoms with E-state index in [1.165, 1.54) is 7.11 Å². The van der Waals surface area contributed by atoms with E-state index in [1.54, 1.807) is 48.4 Å². The molecular weight excluding hydrogens is 391 g/mol. The highest BCUT2D eigenvalue weighted by atomic mass is 35.5. The van der Waals surface area contributed by atoms with Gasteiger partial charge in [0.2, 0.25) is 11.8 Å². The zero-order valence-electron chi connectivity index (χ0n) is 14.8. The van der Waals surface area contributed by atoms with Crippen LogP contribution in [-0.2, 0) is 9.59 Å². The minimum atomic E-state index is -0.497. The second-order valence-corrected chi connectivity index (χ2v) is 6.88. The molecule has 2 amide bonds. The molecule has 0 unspecified atom stereocenters. The van der Waals surface area contributed by atoms with Crippen LogP contribution >= 0.6 is 23.2 Å². The summed E-state index contributed by atoms with van der Waals surface area (Å²) in [5.74, 6) is 0.224. The Labute approximate surface area is 167 Å². The van der Waals surface area contributed by atoms with Crippen molar-refractivity contribution in [2.75, 3.05) is 31.0 Å². The maximum absolute atomic E-state index is 12.6. The van der Waals surface area contributed by atoms with Crippen LogP contribution in [0.3, 0.4) is 0 Å². The van der Waals surface area contributed by atoms with E-state index < -0.39 is 5.92 Å².